The lowest BCUT2D eigenvalue weighted by molar-refractivity contribution is -0.0444. The second kappa shape index (κ2) is 3.76. The Labute approximate surface area is 69.9 Å². The van der Waals surface area contributed by atoms with Crippen LogP contribution in [-0.4, -0.2) is 16.5 Å². The molecule has 2 N–H and O–H groups in total. The van der Waals surface area contributed by atoms with E-state index in [2.05, 4.69) is 0 Å². The zero-order valence-corrected chi connectivity index (χ0v) is 7.01. The van der Waals surface area contributed by atoms with E-state index in [0.29, 0.717) is 5.56 Å². The van der Waals surface area contributed by atoms with Gasteiger partial charge in [-0.1, -0.05) is 18.2 Å². The fraction of sp³-hybridized carbons (Fsp3) is 0.250. The Morgan fingerprint density at radius 3 is 2.36 bits per heavy atom. The molecule has 1 aromatic rings. The van der Waals surface area contributed by atoms with Crippen LogP contribution in [0.4, 0.5) is 0 Å². The molecule has 0 aliphatic carbocycles. The van der Waals surface area contributed by atoms with Crippen LogP contribution in [0.5, 0.6) is 0 Å². The Morgan fingerprint density at radius 1 is 1.27 bits per heavy atom. The predicted octanol–water partition coefficient (Wildman–Crippen LogP) is 1.39. The minimum atomic E-state index is -1.36. The minimum absolute atomic E-state index is 0.569. The number of rotatable bonds is 2. The van der Waals surface area contributed by atoms with Crippen molar-refractivity contribution in [2.24, 2.45) is 0 Å². The molecule has 0 aromatic heterocycles. The zero-order chi connectivity index (χ0) is 8.27. The number of aliphatic hydroxyl groups excluding tert-OH is 1. The molecule has 0 aliphatic heterocycles. The molecule has 0 bridgehead atoms. The van der Waals surface area contributed by atoms with Gasteiger partial charge in [0.05, 0.1) is 0 Å². The average molecular weight is 170 g/mol. The van der Waals surface area contributed by atoms with E-state index in [1.54, 1.807) is 12.1 Å². The molecule has 0 saturated heterocycles. The minimum Gasteiger partial charge on any atom is -0.364 e. The normalized spacial score (nSPS) is 10.5. The topological polar surface area (TPSA) is 40.5 Å². The first kappa shape index (κ1) is 8.59. The summed E-state index contributed by atoms with van der Waals surface area (Å²) in [5, 5.41) is 17.8. The van der Waals surface area contributed by atoms with Gasteiger partial charge >= 0.3 is 0 Å². The number of thioether (sulfide) groups is 1. The summed E-state index contributed by atoms with van der Waals surface area (Å²) in [6.45, 7) is 0. The maximum absolute atomic E-state index is 8.88. The van der Waals surface area contributed by atoms with Crippen LogP contribution in [0, 0.1) is 0 Å². The van der Waals surface area contributed by atoms with Gasteiger partial charge in [0, 0.05) is 10.5 Å². The number of hydrogen-bond donors (Lipinski definition) is 2. The lowest BCUT2D eigenvalue weighted by atomic mass is 10.2. The lowest BCUT2D eigenvalue weighted by Gasteiger charge is -2.07. The third-order valence-electron chi connectivity index (χ3n) is 1.42. The first-order valence-electron chi connectivity index (χ1n) is 3.24. The largest absolute Gasteiger partial charge is 0.364 e. The predicted molar refractivity (Wildman–Crippen MR) is 45.4 cm³/mol. The summed E-state index contributed by atoms with van der Waals surface area (Å²) in [5.74, 6) is 0. The summed E-state index contributed by atoms with van der Waals surface area (Å²) in [6.07, 6.45) is 0.542. The van der Waals surface area contributed by atoms with Crippen molar-refractivity contribution in [3.63, 3.8) is 0 Å². The SMILES string of the molecule is CSc1ccccc1C(O)O. The van der Waals surface area contributed by atoms with Crippen LogP contribution >= 0.6 is 11.8 Å². The Bertz CT molecular complexity index is 235. The molecule has 0 unspecified atom stereocenters. The highest BCUT2D eigenvalue weighted by molar-refractivity contribution is 7.98. The summed E-state index contributed by atoms with van der Waals surface area (Å²) < 4.78 is 0. The second-order valence-corrected chi connectivity index (χ2v) is 2.96. The number of benzene rings is 1. The first-order valence-corrected chi connectivity index (χ1v) is 4.47. The molecule has 0 heterocycles. The van der Waals surface area contributed by atoms with E-state index in [1.807, 2.05) is 18.4 Å². The van der Waals surface area contributed by atoms with Gasteiger partial charge in [0.1, 0.15) is 0 Å². The van der Waals surface area contributed by atoms with Gasteiger partial charge < -0.3 is 10.2 Å². The van der Waals surface area contributed by atoms with Crippen LogP contribution < -0.4 is 0 Å². The highest BCUT2D eigenvalue weighted by Gasteiger charge is 2.06. The zero-order valence-electron chi connectivity index (χ0n) is 6.19. The lowest BCUT2D eigenvalue weighted by Crippen LogP contribution is -1.96. The maximum Gasteiger partial charge on any atom is 0.179 e. The van der Waals surface area contributed by atoms with E-state index in [1.165, 1.54) is 11.8 Å². The molecule has 3 heteroatoms. The standard InChI is InChI=1S/C8H10O2S/c1-11-7-5-3-2-4-6(7)8(9)10/h2-5,8-10H,1H3. The molecule has 1 rings (SSSR count). The van der Waals surface area contributed by atoms with Gasteiger partial charge in [-0.2, -0.15) is 0 Å². The molecule has 0 aliphatic rings. The molecule has 0 saturated carbocycles. The second-order valence-electron chi connectivity index (χ2n) is 2.12. The Morgan fingerprint density at radius 2 is 1.91 bits per heavy atom. The van der Waals surface area contributed by atoms with E-state index in [-0.39, 0.29) is 0 Å². The van der Waals surface area contributed by atoms with Gasteiger partial charge in [-0.15, -0.1) is 11.8 Å². The van der Waals surface area contributed by atoms with Gasteiger partial charge in [0.25, 0.3) is 0 Å². The molecular formula is C8H10O2S. The van der Waals surface area contributed by atoms with Crippen molar-refractivity contribution in [3.8, 4) is 0 Å². The van der Waals surface area contributed by atoms with Crippen molar-refractivity contribution in [1.82, 2.24) is 0 Å². The molecule has 0 amide bonds. The van der Waals surface area contributed by atoms with Gasteiger partial charge in [-0.05, 0) is 12.3 Å². The summed E-state index contributed by atoms with van der Waals surface area (Å²) in [4.78, 5) is 0.905. The Balaban J connectivity index is 3.02. The maximum atomic E-state index is 8.88. The highest BCUT2D eigenvalue weighted by Crippen LogP contribution is 2.23. The van der Waals surface area contributed by atoms with E-state index in [0.717, 1.165) is 4.90 Å². The molecule has 60 valence electrons. The molecule has 2 nitrogen and oxygen atoms in total. The molecule has 11 heavy (non-hydrogen) atoms. The van der Waals surface area contributed by atoms with Gasteiger partial charge in [-0.25, -0.2) is 0 Å². The third kappa shape index (κ3) is 1.96. The van der Waals surface area contributed by atoms with Crippen molar-refractivity contribution in [1.29, 1.82) is 0 Å². The van der Waals surface area contributed by atoms with E-state index >= 15 is 0 Å². The molecule has 0 fully saturated rings. The first-order chi connectivity index (χ1) is 5.25. The van der Waals surface area contributed by atoms with Crippen molar-refractivity contribution >= 4 is 11.8 Å². The summed E-state index contributed by atoms with van der Waals surface area (Å²) >= 11 is 1.50. The van der Waals surface area contributed by atoms with Crippen LogP contribution in [-0.2, 0) is 0 Å². The summed E-state index contributed by atoms with van der Waals surface area (Å²) in [6, 6.07) is 7.22. The van der Waals surface area contributed by atoms with Crippen molar-refractivity contribution in [2.45, 2.75) is 11.2 Å². The van der Waals surface area contributed by atoms with Gasteiger partial charge in [0.2, 0.25) is 0 Å². The Kier molecular flexibility index (Phi) is 2.93. The molecular weight excluding hydrogens is 160 g/mol. The van der Waals surface area contributed by atoms with Crippen LogP contribution in [0.15, 0.2) is 29.2 Å². The Hall–Kier alpha value is -0.510. The van der Waals surface area contributed by atoms with Crippen LogP contribution in [0.1, 0.15) is 11.9 Å². The summed E-state index contributed by atoms with van der Waals surface area (Å²) in [5.41, 5.74) is 0.569. The summed E-state index contributed by atoms with van der Waals surface area (Å²) in [7, 11) is 0. The van der Waals surface area contributed by atoms with E-state index in [9.17, 15) is 0 Å². The average Bonchev–Trinajstić information content (AvgIpc) is 2.04. The fourth-order valence-electron chi connectivity index (χ4n) is 0.880. The van der Waals surface area contributed by atoms with Crippen molar-refractivity contribution in [2.75, 3.05) is 6.26 Å². The van der Waals surface area contributed by atoms with E-state index < -0.39 is 6.29 Å². The molecule has 0 spiro atoms. The number of aliphatic hydroxyl groups is 2. The van der Waals surface area contributed by atoms with Crippen LogP contribution in [0.25, 0.3) is 0 Å². The van der Waals surface area contributed by atoms with Crippen molar-refractivity contribution < 1.29 is 10.2 Å². The highest BCUT2D eigenvalue weighted by atomic mass is 32.2. The molecule has 0 radical (unpaired) electrons. The fourth-order valence-corrected chi connectivity index (χ4v) is 1.50. The van der Waals surface area contributed by atoms with E-state index in [4.69, 9.17) is 10.2 Å². The smallest absolute Gasteiger partial charge is 0.179 e. The van der Waals surface area contributed by atoms with Crippen LogP contribution in [0.3, 0.4) is 0 Å². The third-order valence-corrected chi connectivity index (χ3v) is 2.23. The van der Waals surface area contributed by atoms with Gasteiger partial charge in [-0.3, -0.25) is 0 Å². The number of hydrogen-bond acceptors (Lipinski definition) is 3. The van der Waals surface area contributed by atoms with Gasteiger partial charge in [0.15, 0.2) is 6.29 Å². The quantitative estimate of drug-likeness (QED) is 0.520. The van der Waals surface area contributed by atoms with Crippen molar-refractivity contribution in [3.05, 3.63) is 29.8 Å². The van der Waals surface area contributed by atoms with Crippen LogP contribution in [0.2, 0.25) is 0 Å². The molecule has 0 atom stereocenters. The monoisotopic (exact) mass is 170 g/mol. The molecule has 1 aromatic carbocycles.